The smallest absolute Gasteiger partial charge is 0.370 e. The van der Waals surface area contributed by atoms with E-state index in [0.717, 1.165) is 17.0 Å². The fourth-order valence-electron chi connectivity index (χ4n) is 2.31. The van der Waals surface area contributed by atoms with Crippen molar-refractivity contribution in [3.8, 4) is 11.4 Å². The molecule has 1 amide bonds. The normalized spacial score (nSPS) is 11.6. The Kier molecular flexibility index (Phi) is 7.66. The van der Waals surface area contributed by atoms with Gasteiger partial charge in [0.05, 0.1) is 12.4 Å². The van der Waals surface area contributed by atoms with E-state index in [0.29, 0.717) is 11.7 Å². The molecular formula is C17H21F3N4O2S. The van der Waals surface area contributed by atoms with Gasteiger partial charge in [-0.1, -0.05) is 35.5 Å². The maximum absolute atomic E-state index is 11.9. The first-order valence-electron chi connectivity index (χ1n) is 8.34. The van der Waals surface area contributed by atoms with Gasteiger partial charge in [0, 0.05) is 18.7 Å². The molecule has 0 radical (unpaired) electrons. The number of aromatic nitrogens is 3. The minimum Gasteiger partial charge on any atom is -0.370 e. The van der Waals surface area contributed by atoms with Gasteiger partial charge in [-0.05, 0) is 19.9 Å². The van der Waals surface area contributed by atoms with Crippen LogP contribution in [0.15, 0.2) is 29.4 Å². The molecule has 0 saturated carbocycles. The van der Waals surface area contributed by atoms with Crippen LogP contribution in [-0.2, 0) is 16.1 Å². The van der Waals surface area contributed by atoms with E-state index >= 15 is 0 Å². The summed E-state index contributed by atoms with van der Waals surface area (Å²) < 4.78 is 42.2. The van der Waals surface area contributed by atoms with E-state index in [2.05, 4.69) is 20.3 Å². The van der Waals surface area contributed by atoms with Gasteiger partial charge < -0.3 is 14.6 Å². The molecule has 1 aromatic heterocycles. The molecule has 0 aliphatic carbocycles. The molecule has 1 N–H and O–H groups in total. The van der Waals surface area contributed by atoms with E-state index in [1.807, 2.05) is 42.7 Å². The van der Waals surface area contributed by atoms with E-state index < -0.39 is 12.8 Å². The lowest BCUT2D eigenvalue weighted by Gasteiger charge is -2.09. The van der Waals surface area contributed by atoms with Crippen LogP contribution in [-0.4, -0.2) is 52.4 Å². The van der Waals surface area contributed by atoms with Crippen LogP contribution in [0.1, 0.15) is 12.5 Å². The Morgan fingerprint density at radius 2 is 2.11 bits per heavy atom. The Morgan fingerprint density at radius 3 is 2.78 bits per heavy atom. The summed E-state index contributed by atoms with van der Waals surface area (Å²) in [5.74, 6) is 0.508. The number of carbonyl (C=O) groups is 1. The number of benzene rings is 1. The van der Waals surface area contributed by atoms with E-state index in [4.69, 9.17) is 0 Å². The van der Waals surface area contributed by atoms with Crippen LogP contribution in [0, 0.1) is 6.92 Å². The van der Waals surface area contributed by atoms with Crippen molar-refractivity contribution in [1.29, 1.82) is 0 Å². The van der Waals surface area contributed by atoms with Crippen molar-refractivity contribution in [2.45, 2.75) is 31.7 Å². The lowest BCUT2D eigenvalue weighted by atomic mass is 10.1. The number of alkyl halides is 3. The fraction of sp³-hybridized carbons (Fsp3) is 0.471. The summed E-state index contributed by atoms with van der Waals surface area (Å²) in [5.41, 5.74) is 2.06. The summed E-state index contributed by atoms with van der Waals surface area (Å²) in [7, 11) is 0. The number of hydrogen-bond acceptors (Lipinski definition) is 5. The zero-order valence-electron chi connectivity index (χ0n) is 15.0. The number of halogens is 3. The molecular weight excluding hydrogens is 381 g/mol. The molecule has 0 bridgehead atoms. The minimum absolute atomic E-state index is 0.0183. The number of rotatable bonds is 9. The van der Waals surface area contributed by atoms with Crippen LogP contribution < -0.4 is 5.32 Å². The van der Waals surface area contributed by atoms with Gasteiger partial charge in [0.2, 0.25) is 5.91 Å². The molecule has 1 heterocycles. The van der Waals surface area contributed by atoms with Crippen molar-refractivity contribution in [2.24, 2.45) is 0 Å². The quantitative estimate of drug-likeness (QED) is 0.516. The highest BCUT2D eigenvalue weighted by molar-refractivity contribution is 7.99. The molecule has 2 aromatic rings. The van der Waals surface area contributed by atoms with E-state index in [1.165, 1.54) is 11.8 Å². The maximum Gasteiger partial charge on any atom is 0.411 e. The van der Waals surface area contributed by atoms with Crippen molar-refractivity contribution in [3.05, 3.63) is 29.8 Å². The molecule has 0 saturated heterocycles. The molecule has 0 aliphatic rings. The standard InChI is InChI=1S/C17H21F3N4O2S/c1-3-24-15(13-6-4-5-12(2)9-13)22-23-16(24)27-10-14(25)21-7-8-26-11-17(18,19)20/h4-6,9H,3,7-8,10-11H2,1-2H3,(H,21,25). The Labute approximate surface area is 159 Å². The molecule has 6 nitrogen and oxygen atoms in total. The number of thioether (sulfide) groups is 1. The molecule has 0 spiro atoms. The van der Waals surface area contributed by atoms with E-state index in [9.17, 15) is 18.0 Å². The summed E-state index contributed by atoms with van der Waals surface area (Å²) in [6.07, 6.45) is -4.36. The van der Waals surface area contributed by atoms with Gasteiger partial charge in [-0.3, -0.25) is 4.79 Å². The van der Waals surface area contributed by atoms with Gasteiger partial charge >= 0.3 is 6.18 Å². The van der Waals surface area contributed by atoms with Crippen LogP contribution >= 0.6 is 11.8 Å². The molecule has 0 aliphatic heterocycles. The number of ether oxygens (including phenoxy) is 1. The van der Waals surface area contributed by atoms with Crippen LogP contribution in [0.25, 0.3) is 11.4 Å². The molecule has 0 atom stereocenters. The number of hydrogen-bond donors (Lipinski definition) is 1. The highest BCUT2D eigenvalue weighted by Gasteiger charge is 2.27. The largest absolute Gasteiger partial charge is 0.411 e. The lowest BCUT2D eigenvalue weighted by Crippen LogP contribution is -2.30. The third kappa shape index (κ3) is 6.87. The Morgan fingerprint density at radius 1 is 1.33 bits per heavy atom. The number of nitrogens with one attached hydrogen (secondary N) is 1. The van der Waals surface area contributed by atoms with Gasteiger partial charge in [-0.15, -0.1) is 10.2 Å². The van der Waals surface area contributed by atoms with Crippen LogP contribution in [0.5, 0.6) is 0 Å². The minimum atomic E-state index is -4.36. The number of amides is 1. The number of aryl methyl sites for hydroxylation is 1. The van der Waals surface area contributed by atoms with E-state index in [1.54, 1.807) is 0 Å². The van der Waals surface area contributed by atoms with Crippen molar-refractivity contribution in [2.75, 3.05) is 25.5 Å². The SMILES string of the molecule is CCn1c(SCC(=O)NCCOCC(F)(F)F)nnc1-c1cccc(C)c1. The molecule has 1 aromatic carbocycles. The fourth-order valence-corrected chi connectivity index (χ4v) is 3.14. The topological polar surface area (TPSA) is 69.0 Å². The number of nitrogens with zero attached hydrogens (tertiary/aromatic N) is 3. The average Bonchev–Trinajstić information content (AvgIpc) is 3.01. The second-order valence-electron chi connectivity index (χ2n) is 5.73. The van der Waals surface area contributed by atoms with Crippen molar-refractivity contribution >= 4 is 17.7 Å². The van der Waals surface area contributed by atoms with Gasteiger partial charge in [-0.25, -0.2) is 0 Å². The zero-order chi connectivity index (χ0) is 19.9. The van der Waals surface area contributed by atoms with Crippen molar-refractivity contribution in [3.63, 3.8) is 0 Å². The summed E-state index contributed by atoms with van der Waals surface area (Å²) in [5, 5.41) is 11.5. The first-order chi connectivity index (χ1) is 12.8. The van der Waals surface area contributed by atoms with Crippen molar-refractivity contribution < 1.29 is 22.7 Å². The van der Waals surface area contributed by atoms with Gasteiger partial charge in [0.1, 0.15) is 6.61 Å². The first-order valence-corrected chi connectivity index (χ1v) is 9.33. The lowest BCUT2D eigenvalue weighted by molar-refractivity contribution is -0.173. The van der Waals surface area contributed by atoms with Crippen LogP contribution in [0.2, 0.25) is 0 Å². The predicted molar refractivity (Wildman–Crippen MR) is 96.5 cm³/mol. The molecule has 148 valence electrons. The maximum atomic E-state index is 11.9. The van der Waals surface area contributed by atoms with Crippen molar-refractivity contribution in [1.82, 2.24) is 20.1 Å². The molecule has 27 heavy (non-hydrogen) atoms. The summed E-state index contributed by atoms with van der Waals surface area (Å²) >= 11 is 1.22. The van der Waals surface area contributed by atoms with Gasteiger partial charge in [0.25, 0.3) is 0 Å². The molecule has 10 heteroatoms. The van der Waals surface area contributed by atoms with Gasteiger partial charge in [-0.2, -0.15) is 13.2 Å². The molecule has 0 fully saturated rings. The van der Waals surface area contributed by atoms with Crippen LogP contribution in [0.4, 0.5) is 13.2 Å². The molecule has 2 rings (SSSR count). The van der Waals surface area contributed by atoms with E-state index in [-0.39, 0.29) is 24.8 Å². The zero-order valence-corrected chi connectivity index (χ0v) is 15.9. The monoisotopic (exact) mass is 402 g/mol. The predicted octanol–water partition coefficient (Wildman–Crippen LogP) is 3.06. The highest BCUT2D eigenvalue weighted by Crippen LogP contribution is 2.24. The van der Waals surface area contributed by atoms with Crippen LogP contribution in [0.3, 0.4) is 0 Å². The highest BCUT2D eigenvalue weighted by atomic mass is 32.2. The Balaban J connectivity index is 1.84. The second-order valence-corrected chi connectivity index (χ2v) is 6.67. The summed E-state index contributed by atoms with van der Waals surface area (Å²) in [6, 6.07) is 7.90. The number of carbonyl (C=O) groups excluding carboxylic acids is 1. The first kappa shape index (κ1) is 21.2. The Hall–Kier alpha value is -2.07. The summed E-state index contributed by atoms with van der Waals surface area (Å²) in [4.78, 5) is 11.8. The summed E-state index contributed by atoms with van der Waals surface area (Å²) in [6.45, 7) is 3.10. The second kappa shape index (κ2) is 9.75. The molecule has 0 unspecified atom stereocenters. The average molecular weight is 402 g/mol. The Bertz CT molecular complexity index is 765. The van der Waals surface area contributed by atoms with Gasteiger partial charge in [0.15, 0.2) is 11.0 Å². The third-order valence-corrected chi connectivity index (χ3v) is 4.44. The third-order valence-electron chi connectivity index (χ3n) is 3.48.